The van der Waals surface area contributed by atoms with E-state index >= 15 is 0 Å². The van der Waals surface area contributed by atoms with Crippen LogP contribution < -0.4 is 10.1 Å². The van der Waals surface area contributed by atoms with Gasteiger partial charge in [-0.1, -0.05) is 59.1 Å². The molecule has 25 heavy (non-hydrogen) atoms. The summed E-state index contributed by atoms with van der Waals surface area (Å²) in [5, 5.41) is 5.24. The van der Waals surface area contributed by atoms with Crippen LogP contribution in [0.1, 0.15) is 11.1 Å². The van der Waals surface area contributed by atoms with Crippen molar-refractivity contribution in [3.63, 3.8) is 0 Å². The summed E-state index contributed by atoms with van der Waals surface area (Å²) in [7, 11) is 0. The second kappa shape index (κ2) is 8.48. The molecule has 0 spiro atoms. The van der Waals surface area contributed by atoms with Gasteiger partial charge < -0.3 is 10.1 Å². The zero-order valence-corrected chi connectivity index (χ0v) is 15.6. The van der Waals surface area contributed by atoms with Gasteiger partial charge in [-0.25, -0.2) is 0 Å². The third-order valence-corrected chi connectivity index (χ3v) is 4.26. The molecule has 1 N–H and O–H groups in total. The first kappa shape index (κ1) is 17.9. The van der Waals surface area contributed by atoms with E-state index in [4.69, 9.17) is 39.5 Å². The van der Waals surface area contributed by atoms with E-state index in [0.29, 0.717) is 23.2 Å². The summed E-state index contributed by atoms with van der Waals surface area (Å²) in [6.07, 6.45) is 0. The second-order valence-electron chi connectivity index (χ2n) is 5.57. The molecule has 0 saturated heterocycles. The van der Waals surface area contributed by atoms with Crippen LogP contribution in [0.3, 0.4) is 0 Å². The van der Waals surface area contributed by atoms with Crippen LogP contribution in [0, 0.1) is 0 Å². The number of ether oxygens (including phenoxy) is 1. The third-order valence-electron chi connectivity index (χ3n) is 3.58. The summed E-state index contributed by atoms with van der Waals surface area (Å²) in [4.78, 5) is 0. The van der Waals surface area contributed by atoms with Crippen molar-refractivity contribution in [2.45, 2.75) is 13.2 Å². The Morgan fingerprint density at radius 3 is 2.16 bits per heavy atom. The first-order chi connectivity index (χ1) is 12.1. The van der Waals surface area contributed by atoms with Crippen molar-refractivity contribution in [3.05, 3.63) is 92.9 Å². The van der Waals surface area contributed by atoms with Crippen molar-refractivity contribution < 1.29 is 4.74 Å². The summed E-state index contributed by atoms with van der Waals surface area (Å²) in [5.41, 5.74) is 3.05. The van der Waals surface area contributed by atoms with Crippen LogP contribution in [0.25, 0.3) is 0 Å². The molecule has 0 aliphatic rings. The van der Waals surface area contributed by atoms with Crippen molar-refractivity contribution in [1.82, 2.24) is 0 Å². The standard InChI is InChI=1S/C20H16Cl3NO/c21-16-6-4-14(5-7-16)13-25-20-3-1-2-15(8-20)12-24-19-10-17(22)9-18(23)11-19/h1-11,24H,12-13H2. The minimum Gasteiger partial charge on any atom is -0.489 e. The number of benzene rings is 3. The van der Waals surface area contributed by atoms with Crippen molar-refractivity contribution in [2.24, 2.45) is 0 Å². The van der Waals surface area contributed by atoms with E-state index in [1.807, 2.05) is 60.7 Å². The number of halogens is 3. The van der Waals surface area contributed by atoms with Crippen LogP contribution in [0.4, 0.5) is 5.69 Å². The molecule has 0 radical (unpaired) electrons. The Kier molecular flexibility index (Phi) is 6.09. The lowest BCUT2D eigenvalue weighted by Crippen LogP contribution is -2.00. The molecule has 0 aromatic heterocycles. The van der Waals surface area contributed by atoms with Crippen LogP contribution in [-0.2, 0) is 13.2 Å². The van der Waals surface area contributed by atoms with Crippen molar-refractivity contribution in [2.75, 3.05) is 5.32 Å². The van der Waals surface area contributed by atoms with Crippen LogP contribution in [0.2, 0.25) is 15.1 Å². The molecule has 3 aromatic rings. The monoisotopic (exact) mass is 391 g/mol. The molecule has 0 unspecified atom stereocenters. The predicted molar refractivity (Wildman–Crippen MR) is 106 cm³/mol. The molecule has 0 bridgehead atoms. The maximum absolute atomic E-state index is 6.01. The highest BCUT2D eigenvalue weighted by atomic mass is 35.5. The van der Waals surface area contributed by atoms with E-state index in [1.165, 1.54) is 0 Å². The molecule has 3 aromatic carbocycles. The van der Waals surface area contributed by atoms with Gasteiger partial charge in [0.15, 0.2) is 0 Å². The highest BCUT2D eigenvalue weighted by Crippen LogP contribution is 2.23. The number of rotatable bonds is 6. The lowest BCUT2D eigenvalue weighted by Gasteiger charge is -2.10. The van der Waals surface area contributed by atoms with Gasteiger partial charge in [0, 0.05) is 27.3 Å². The van der Waals surface area contributed by atoms with Gasteiger partial charge in [-0.05, 0) is 53.6 Å². The zero-order valence-electron chi connectivity index (χ0n) is 13.3. The molecule has 0 amide bonds. The van der Waals surface area contributed by atoms with Gasteiger partial charge in [0.05, 0.1) is 0 Å². The van der Waals surface area contributed by atoms with Gasteiger partial charge in [-0.15, -0.1) is 0 Å². The number of hydrogen-bond donors (Lipinski definition) is 1. The normalized spacial score (nSPS) is 10.5. The molecule has 0 fully saturated rings. The summed E-state index contributed by atoms with van der Waals surface area (Å²) in [5.74, 6) is 0.818. The van der Waals surface area contributed by atoms with E-state index in [-0.39, 0.29) is 0 Å². The predicted octanol–water partition coefficient (Wildman–Crippen LogP) is 6.84. The van der Waals surface area contributed by atoms with Crippen LogP contribution in [0.5, 0.6) is 5.75 Å². The van der Waals surface area contributed by atoms with E-state index in [9.17, 15) is 0 Å². The van der Waals surface area contributed by atoms with Gasteiger partial charge in [-0.3, -0.25) is 0 Å². The Bertz CT molecular complexity index is 830. The highest BCUT2D eigenvalue weighted by molar-refractivity contribution is 6.35. The SMILES string of the molecule is Clc1ccc(COc2cccc(CNc3cc(Cl)cc(Cl)c3)c2)cc1. The number of nitrogens with one attached hydrogen (secondary N) is 1. The van der Waals surface area contributed by atoms with Gasteiger partial charge in [0.1, 0.15) is 12.4 Å². The van der Waals surface area contributed by atoms with Gasteiger partial charge in [-0.2, -0.15) is 0 Å². The van der Waals surface area contributed by atoms with E-state index < -0.39 is 0 Å². The Balaban J connectivity index is 1.60. The van der Waals surface area contributed by atoms with Crippen molar-refractivity contribution >= 4 is 40.5 Å². The van der Waals surface area contributed by atoms with Gasteiger partial charge in [0.2, 0.25) is 0 Å². The molecule has 128 valence electrons. The maximum atomic E-state index is 6.01. The average molecular weight is 393 g/mol. The molecule has 0 heterocycles. The van der Waals surface area contributed by atoms with E-state index in [2.05, 4.69) is 5.32 Å². The minimum atomic E-state index is 0.498. The number of hydrogen-bond acceptors (Lipinski definition) is 2. The summed E-state index contributed by atoms with van der Waals surface area (Å²) in [6, 6.07) is 21.0. The van der Waals surface area contributed by atoms with Crippen LogP contribution in [0.15, 0.2) is 66.7 Å². The third kappa shape index (κ3) is 5.57. The molecule has 2 nitrogen and oxygen atoms in total. The van der Waals surface area contributed by atoms with Gasteiger partial charge in [0.25, 0.3) is 0 Å². The fraction of sp³-hybridized carbons (Fsp3) is 0.100. The van der Waals surface area contributed by atoms with Crippen LogP contribution >= 0.6 is 34.8 Å². The molecule has 3 rings (SSSR count). The number of anilines is 1. The van der Waals surface area contributed by atoms with E-state index in [0.717, 1.165) is 27.6 Å². The molecular formula is C20H16Cl3NO. The summed E-state index contributed by atoms with van der Waals surface area (Å²) >= 11 is 17.9. The Morgan fingerprint density at radius 2 is 1.44 bits per heavy atom. The second-order valence-corrected chi connectivity index (χ2v) is 6.88. The molecule has 0 aliphatic carbocycles. The Hall–Kier alpha value is -1.87. The molecule has 0 atom stereocenters. The first-order valence-corrected chi connectivity index (χ1v) is 8.88. The fourth-order valence-electron chi connectivity index (χ4n) is 2.35. The molecule has 5 heteroatoms. The zero-order chi connectivity index (χ0) is 17.6. The lowest BCUT2D eigenvalue weighted by atomic mass is 10.2. The van der Waals surface area contributed by atoms with E-state index in [1.54, 1.807) is 6.07 Å². The first-order valence-electron chi connectivity index (χ1n) is 7.75. The van der Waals surface area contributed by atoms with Crippen molar-refractivity contribution in [3.8, 4) is 5.75 Å². The average Bonchev–Trinajstić information content (AvgIpc) is 2.59. The maximum Gasteiger partial charge on any atom is 0.120 e. The molecule has 0 saturated carbocycles. The van der Waals surface area contributed by atoms with Gasteiger partial charge >= 0.3 is 0 Å². The summed E-state index contributed by atoms with van der Waals surface area (Å²) < 4.78 is 5.85. The Labute approximate surface area is 162 Å². The quantitative estimate of drug-likeness (QED) is 0.496. The topological polar surface area (TPSA) is 21.3 Å². The smallest absolute Gasteiger partial charge is 0.120 e. The highest BCUT2D eigenvalue weighted by Gasteiger charge is 2.01. The largest absolute Gasteiger partial charge is 0.489 e. The fourth-order valence-corrected chi connectivity index (χ4v) is 3.00. The minimum absolute atomic E-state index is 0.498. The van der Waals surface area contributed by atoms with Crippen LogP contribution in [-0.4, -0.2) is 0 Å². The van der Waals surface area contributed by atoms with Crippen molar-refractivity contribution in [1.29, 1.82) is 0 Å². The Morgan fingerprint density at radius 1 is 0.720 bits per heavy atom. The molecule has 0 aliphatic heterocycles. The lowest BCUT2D eigenvalue weighted by molar-refractivity contribution is 0.306. The summed E-state index contributed by atoms with van der Waals surface area (Å²) in [6.45, 7) is 1.15. The molecular weight excluding hydrogens is 377 g/mol.